The number of aryl methyl sites for hydroxylation is 1. The lowest BCUT2D eigenvalue weighted by Gasteiger charge is -2.13. The van der Waals surface area contributed by atoms with Crippen molar-refractivity contribution >= 4 is 17.1 Å². The van der Waals surface area contributed by atoms with Crippen molar-refractivity contribution in [3.63, 3.8) is 0 Å². The Morgan fingerprint density at radius 2 is 2.00 bits per heavy atom. The van der Waals surface area contributed by atoms with E-state index in [-0.39, 0.29) is 11.9 Å². The molecule has 0 fully saturated rings. The molecule has 3 heteroatoms. The molecule has 100 valence electrons. The topological polar surface area (TPSA) is 26.3 Å². The molecule has 0 amide bonds. The highest BCUT2D eigenvalue weighted by Gasteiger charge is 2.10. The van der Waals surface area contributed by atoms with Gasteiger partial charge in [-0.05, 0) is 43.3 Å². The summed E-state index contributed by atoms with van der Waals surface area (Å²) in [6, 6.07) is 11.7. The molecule has 0 spiro atoms. The molecule has 0 radical (unpaired) electrons. The quantitative estimate of drug-likeness (QED) is 0.732. The van der Waals surface area contributed by atoms with Crippen LogP contribution >= 0.6 is 11.3 Å². The third-order valence-electron chi connectivity index (χ3n) is 2.75. The van der Waals surface area contributed by atoms with E-state index in [0.29, 0.717) is 6.42 Å². The number of thiophene rings is 1. The van der Waals surface area contributed by atoms with Gasteiger partial charge in [-0.3, -0.25) is 4.79 Å². The second-order valence-corrected chi connectivity index (χ2v) is 5.62. The molecule has 1 aromatic heterocycles. The maximum Gasteiger partial charge on any atom is 0.173 e. The molecule has 0 N–H and O–H groups in total. The van der Waals surface area contributed by atoms with Gasteiger partial charge < -0.3 is 4.74 Å². The molecule has 0 unspecified atom stereocenters. The second-order valence-electron chi connectivity index (χ2n) is 4.67. The smallest absolute Gasteiger partial charge is 0.173 e. The lowest BCUT2D eigenvalue weighted by Crippen LogP contribution is -2.08. The van der Waals surface area contributed by atoms with Crippen molar-refractivity contribution in [2.24, 2.45) is 0 Å². The molecule has 19 heavy (non-hydrogen) atoms. The van der Waals surface area contributed by atoms with Crippen molar-refractivity contribution < 1.29 is 9.53 Å². The number of carbonyl (C=O) groups is 1. The molecule has 0 bridgehead atoms. The predicted molar refractivity (Wildman–Crippen MR) is 79.2 cm³/mol. The maximum atomic E-state index is 12.0. The molecule has 0 atom stereocenters. The highest BCUT2D eigenvalue weighted by molar-refractivity contribution is 7.12. The van der Waals surface area contributed by atoms with Crippen LogP contribution < -0.4 is 4.74 Å². The molecule has 0 aliphatic heterocycles. The minimum atomic E-state index is 0.147. The van der Waals surface area contributed by atoms with Crippen LogP contribution in [0.1, 0.15) is 35.5 Å². The summed E-state index contributed by atoms with van der Waals surface area (Å²) < 4.78 is 5.76. The first-order valence-electron chi connectivity index (χ1n) is 6.48. The van der Waals surface area contributed by atoms with E-state index >= 15 is 0 Å². The third kappa shape index (κ3) is 3.93. The van der Waals surface area contributed by atoms with Gasteiger partial charge in [0.25, 0.3) is 0 Å². The summed E-state index contributed by atoms with van der Waals surface area (Å²) in [5.41, 5.74) is 1.10. The fourth-order valence-electron chi connectivity index (χ4n) is 1.89. The number of benzene rings is 1. The van der Waals surface area contributed by atoms with Crippen LogP contribution in [0.3, 0.4) is 0 Å². The molecule has 0 saturated carbocycles. The van der Waals surface area contributed by atoms with Crippen molar-refractivity contribution in [3.05, 3.63) is 52.2 Å². The summed E-state index contributed by atoms with van der Waals surface area (Å²) in [5, 5.41) is 1.93. The molecule has 0 saturated heterocycles. The van der Waals surface area contributed by atoms with E-state index in [0.717, 1.165) is 22.6 Å². The zero-order valence-corrected chi connectivity index (χ0v) is 12.1. The van der Waals surface area contributed by atoms with E-state index in [1.165, 1.54) is 11.3 Å². The van der Waals surface area contributed by atoms with E-state index in [2.05, 4.69) is 0 Å². The molecular weight excluding hydrogens is 256 g/mol. The van der Waals surface area contributed by atoms with Gasteiger partial charge in [0, 0.05) is 6.42 Å². The first-order valence-corrected chi connectivity index (χ1v) is 7.36. The van der Waals surface area contributed by atoms with Crippen LogP contribution in [0.4, 0.5) is 0 Å². The zero-order chi connectivity index (χ0) is 13.7. The minimum Gasteiger partial charge on any atom is -0.491 e. The molecule has 0 aliphatic carbocycles. The lowest BCUT2D eigenvalue weighted by atomic mass is 10.1. The van der Waals surface area contributed by atoms with Gasteiger partial charge in [0.05, 0.1) is 11.0 Å². The highest BCUT2D eigenvalue weighted by Crippen LogP contribution is 2.22. The fraction of sp³-hybridized carbons (Fsp3) is 0.312. The number of hydrogen-bond donors (Lipinski definition) is 0. The van der Waals surface area contributed by atoms with Crippen LogP contribution in [0.25, 0.3) is 0 Å². The van der Waals surface area contributed by atoms with E-state index < -0.39 is 0 Å². The van der Waals surface area contributed by atoms with Gasteiger partial charge in [-0.15, -0.1) is 11.3 Å². The number of para-hydroxylation sites is 1. The van der Waals surface area contributed by atoms with Gasteiger partial charge in [0.1, 0.15) is 5.75 Å². The van der Waals surface area contributed by atoms with Crippen LogP contribution in [-0.2, 0) is 6.42 Å². The summed E-state index contributed by atoms with van der Waals surface area (Å²) in [6.07, 6.45) is 1.40. The Labute approximate surface area is 118 Å². The third-order valence-corrected chi connectivity index (χ3v) is 3.66. The Kier molecular flexibility index (Phi) is 4.74. The molecule has 2 nitrogen and oxygen atoms in total. The summed E-state index contributed by atoms with van der Waals surface area (Å²) >= 11 is 1.50. The van der Waals surface area contributed by atoms with Crippen molar-refractivity contribution in [2.45, 2.75) is 32.8 Å². The molecule has 1 heterocycles. The van der Waals surface area contributed by atoms with Crippen LogP contribution in [0, 0.1) is 0 Å². The lowest BCUT2D eigenvalue weighted by molar-refractivity contribution is 0.0986. The first kappa shape index (κ1) is 13.8. The number of carbonyl (C=O) groups excluding carboxylic acids is 1. The summed E-state index contributed by atoms with van der Waals surface area (Å²) in [4.78, 5) is 12.8. The van der Waals surface area contributed by atoms with E-state index in [4.69, 9.17) is 4.74 Å². The highest BCUT2D eigenvalue weighted by atomic mass is 32.1. The number of ether oxygens (including phenoxy) is 1. The van der Waals surface area contributed by atoms with Crippen LogP contribution in [0.15, 0.2) is 41.8 Å². The van der Waals surface area contributed by atoms with Gasteiger partial charge in [0.15, 0.2) is 5.78 Å². The van der Waals surface area contributed by atoms with Gasteiger partial charge in [0.2, 0.25) is 0 Å². The molecule has 1 aromatic carbocycles. The average molecular weight is 274 g/mol. The summed E-state index contributed by atoms with van der Waals surface area (Å²) in [6.45, 7) is 4.02. The maximum absolute atomic E-state index is 12.0. The van der Waals surface area contributed by atoms with Crippen molar-refractivity contribution in [2.75, 3.05) is 0 Å². The Bertz CT molecular complexity index is 529. The molecule has 0 aliphatic rings. The Morgan fingerprint density at radius 3 is 2.68 bits per heavy atom. The zero-order valence-electron chi connectivity index (χ0n) is 11.3. The summed E-state index contributed by atoms with van der Waals surface area (Å²) in [5.74, 6) is 1.09. The Balaban J connectivity index is 2.01. The largest absolute Gasteiger partial charge is 0.491 e. The molecule has 2 rings (SSSR count). The monoisotopic (exact) mass is 274 g/mol. The van der Waals surface area contributed by atoms with Crippen molar-refractivity contribution in [1.82, 2.24) is 0 Å². The van der Waals surface area contributed by atoms with Crippen molar-refractivity contribution in [1.29, 1.82) is 0 Å². The number of Topliss-reactive ketones (excluding diaryl/α,β-unsaturated/α-hetero) is 1. The fourth-order valence-corrected chi connectivity index (χ4v) is 2.58. The van der Waals surface area contributed by atoms with Gasteiger partial charge in [-0.25, -0.2) is 0 Å². The number of hydrogen-bond acceptors (Lipinski definition) is 3. The van der Waals surface area contributed by atoms with Crippen LogP contribution in [0.5, 0.6) is 5.75 Å². The Morgan fingerprint density at radius 1 is 1.21 bits per heavy atom. The molecule has 2 aromatic rings. The molecular formula is C16H18O2S. The van der Waals surface area contributed by atoms with Gasteiger partial charge in [-0.1, -0.05) is 24.3 Å². The standard InChI is InChI=1S/C16H18O2S/c1-12(2)18-15-7-4-3-6-13(15)9-10-14(17)16-8-5-11-19-16/h3-8,11-12H,9-10H2,1-2H3. The van der Waals surface area contributed by atoms with E-state index in [1.807, 2.05) is 55.6 Å². The minimum absolute atomic E-state index is 0.147. The van der Waals surface area contributed by atoms with Crippen LogP contribution in [0.2, 0.25) is 0 Å². The van der Waals surface area contributed by atoms with E-state index in [9.17, 15) is 4.79 Å². The van der Waals surface area contributed by atoms with Crippen molar-refractivity contribution in [3.8, 4) is 5.75 Å². The van der Waals surface area contributed by atoms with Gasteiger partial charge in [-0.2, -0.15) is 0 Å². The predicted octanol–water partition coefficient (Wildman–Crippen LogP) is 4.35. The number of ketones is 1. The van der Waals surface area contributed by atoms with E-state index in [1.54, 1.807) is 0 Å². The van der Waals surface area contributed by atoms with Crippen LogP contribution in [-0.4, -0.2) is 11.9 Å². The normalized spacial score (nSPS) is 10.7. The number of rotatable bonds is 6. The SMILES string of the molecule is CC(C)Oc1ccccc1CCC(=O)c1cccs1. The first-order chi connectivity index (χ1) is 9.16. The Hall–Kier alpha value is -1.61. The van der Waals surface area contributed by atoms with Gasteiger partial charge >= 0.3 is 0 Å². The second kappa shape index (κ2) is 6.53. The summed E-state index contributed by atoms with van der Waals surface area (Å²) in [7, 11) is 0. The average Bonchev–Trinajstić information content (AvgIpc) is 2.90.